The maximum atomic E-state index is 4.06. The highest BCUT2D eigenvalue weighted by Gasteiger charge is 2.18. The Morgan fingerprint density at radius 1 is 1.33 bits per heavy atom. The lowest BCUT2D eigenvalue weighted by atomic mass is 10.1. The van der Waals surface area contributed by atoms with E-state index in [0.29, 0.717) is 0 Å². The highest BCUT2D eigenvalue weighted by Crippen LogP contribution is 2.46. The summed E-state index contributed by atoms with van der Waals surface area (Å²) >= 11 is 5.46. The number of H-pyrrole nitrogens is 1. The number of hydrogen-bond donors (Lipinski definition) is 1. The molecule has 2 nitrogen and oxygen atoms in total. The van der Waals surface area contributed by atoms with Crippen LogP contribution in [-0.4, -0.2) is 16.5 Å². The smallest absolute Gasteiger partial charge is 0.0699 e. The van der Waals surface area contributed by atoms with E-state index in [2.05, 4.69) is 40.9 Å². The molecule has 0 unspecified atom stereocenters. The van der Waals surface area contributed by atoms with Gasteiger partial charge in [0.2, 0.25) is 0 Å². The van der Waals surface area contributed by atoms with Gasteiger partial charge < -0.3 is 0 Å². The number of aromatic nitrogens is 2. The predicted octanol–water partition coefficient (Wildman–Crippen LogP) is 4.90. The number of nitrogens with one attached hydrogen (secondary N) is 1. The van der Waals surface area contributed by atoms with Gasteiger partial charge in [0.1, 0.15) is 0 Å². The molecule has 0 spiro atoms. The zero-order valence-electron chi connectivity index (χ0n) is 10.1. The van der Waals surface area contributed by atoms with Gasteiger partial charge >= 0.3 is 0 Å². The van der Waals surface area contributed by atoms with E-state index < -0.39 is 0 Å². The van der Waals surface area contributed by atoms with Crippen LogP contribution < -0.4 is 0 Å². The van der Waals surface area contributed by atoms with E-state index in [-0.39, 0.29) is 0 Å². The molecule has 0 fully saturated rings. The maximum Gasteiger partial charge on any atom is 0.0699 e. The molecule has 92 valence electrons. The normalized spacial score (nSPS) is 11.0. The van der Waals surface area contributed by atoms with Crippen LogP contribution in [0.2, 0.25) is 0 Å². The van der Waals surface area contributed by atoms with Crippen LogP contribution in [0.3, 0.4) is 0 Å². The second kappa shape index (κ2) is 4.91. The molecule has 3 heterocycles. The Morgan fingerprint density at radius 2 is 2.22 bits per heavy atom. The summed E-state index contributed by atoms with van der Waals surface area (Å²) in [7, 11) is 0. The Balaban J connectivity index is 2.20. The summed E-state index contributed by atoms with van der Waals surface area (Å²) in [5, 5.41) is 9.26. The fourth-order valence-electron chi connectivity index (χ4n) is 1.98. The van der Waals surface area contributed by atoms with Gasteiger partial charge in [-0.05, 0) is 36.3 Å². The molecular weight excluding hydrogens is 280 g/mol. The molecule has 0 aliphatic heterocycles. The van der Waals surface area contributed by atoms with E-state index in [1.807, 2.05) is 17.4 Å². The average Bonchev–Trinajstić information content (AvgIpc) is 3.08. The summed E-state index contributed by atoms with van der Waals surface area (Å²) in [6, 6.07) is 6.32. The molecule has 0 aliphatic carbocycles. The van der Waals surface area contributed by atoms with Crippen molar-refractivity contribution in [1.29, 1.82) is 0 Å². The van der Waals surface area contributed by atoms with E-state index in [4.69, 9.17) is 0 Å². The standard InChI is InChI=1S/C13H12N2S3/c1-8-11(9-5-6-14-15-9)13(16-2)18-12(8)10-4-3-7-17-10/h3-7H,1-2H3,(H,14,15). The van der Waals surface area contributed by atoms with Crippen LogP contribution in [-0.2, 0) is 0 Å². The SMILES string of the molecule is CSc1sc(-c2cccs2)c(C)c1-c1ccn[nH]1. The topological polar surface area (TPSA) is 28.7 Å². The number of aromatic amines is 1. The van der Waals surface area contributed by atoms with E-state index in [9.17, 15) is 0 Å². The number of hydrogen-bond acceptors (Lipinski definition) is 4. The van der Waals surface area contributed by atoms with Gasteiger partial charge in [-0.25, -0.2) is 0 Å². The van der Waals surface area contributed by atoms with E-state index in [1.54, 1.807) is 29.3 Å². The van der Waals surface area contributed by atoms with Gasteiger partial charge in [0.25, 0.3) is 0 Å². The molecule has 0 saturated heterocycles. The third-order valence-corrected chi connectivity index (χ3v) is 6.28. The Bertz CT molecular complexity index is 636. The van der Waals surface area contributed by atoms with Gasteiger partial charge in [0.15, 0.2) is 0 Å². The lowest BCUT2D eigenvalue weighted by molar-refractivity contribution is 1.09. The summed E-state index contributed by atoms with van der Waals surface area (Å²) in [6.07, 6.45) is 3.94. The molecule has 5 heteroatoms. The van der Waals surface area contributed by atoms with Crippen molar-refractivity contribution in [1.82, 2.24) is 10.2 Å². The van der Waals surface area contributed by atoms with E-state index in [0.717, 1.165) is 5.69 Å². The van der Waals surface area contributed by atoms with Crippen molar-refractivity contribution in [3.05, 3.63) is 35.3 Å². The molecule has 18 heavy (non-hydrogen) atoms. The van der Waals surface area contributed by atoms with Gasteiger partial charge in [0.05, 0.1) is 9.90 Å². The van der Waals surface area contributed by atoms with Crippen molar-refractivity contribution in [2.45, 2.75) is 11.1 Å². The molecule has 3 aromatic heterocycles. The van der Waals surface area contributed by atoms with Gasteiger partial charge in [-0.1, -0.05) is 6.07 Å². The minimum Gasteiger partial charge on any atom is -0.278 e. The Kier molecular flexibility index (Phi) is 3.28. The van der Waals surface area contributed by atoms with Crippen LogP contribution in [0.4, 0.5) is 0 Å². The summed E-state index contributed by atoms with van der Waals surface area (Å²) < 4.78 is 1.35. The first-order valence-electron chi connectivity index (χ1n) is 5.52. The molecule has 0 radical (unpaired) electrons. The third-order valence-electron chi connectivity index (χ3n) is 2.81. The van der Waals surface area contributed by atoms with Crippen LogP contribution in [0.5, 0.6) is 0 Å². The highest BCUT2D eigenvalue weighted by atomic mass is 32.2. The quantitative estimate of drug-likeness (QED) is 0.696. The zero-order chi connectivity index (χ0) is 12.5. The predicted molar refractivity (Wildman–Crippen MR) is 81.7 cm³/mol. The molecule has 0 atom stereocenters. The number of thioether (sulfide) groups is 1. The summed E-state index contributed by atoms with van der Waals surface area (Å²) in [4.78, 5) is 2.72. The van der Waals surface area contributed by atoms with Crippen molar-refractivity contribution >= 4 is 34.4 Å². The first-order valence-corrected chi connectivity index (χ1v) is 8.44. The molecule has 3 aromatic rings. The Morgan fingerprint density at radius 3 is 2.83 bits per heavy atom. The van der Waals surface area contributed by atoms with Crippen molar-refractivity contribution in [2.75, 3.05) is 6.26 Å². The highest BCUT2D eigenvalue weighted by molar-refractivity contribution is 8.00. The average molecular weight is 292 g/mol. The molecule has 1 N–H and O–H groups in total. The Labute approximate surface area is 118 Å². The maximum absolute atomic E-state index is 4.06. The van der Waals surface area contributed by atoms with Crippen LogP contribution in [0.25, 0.3) is 21.0 Å². The third kappa shape index (κ3) is 1.92. The fourth-order valence-corrected chi connectivity index (χ4v) is 5.00. The molecular formula is C13H12N2S3. The van der Waals surface area contributed by atoms with Crippen molar-refractivity contribution in [3.8, 4) is 21.0 Å². The minimum absolute atomic E-state index is 1.11. The molecule has 0 amide bonds. The lowest BCUT2D eigenvalue weighted by Crippen LogP contribution is -1.81. The minimum atomic E-state index is 1.11. The largest absolute Gasteiger partial charge is 0.278 e. The summed E-state index contributed by atoms with van der Waals surface area (Å²) in [5.74, 6) is 0. The molecule has 0 aliphatic rings. The van der Waals surface area contributed by atoms with E-state index >= 15 is 0 Å². The van der Waals surface area contributed by atoms with Crippen molar-refractivity contribution in [3.63, 3.8) is 0 Å². The van der Waals surface area contributed by atoms with Crippen molar-refractivity contribution in [2.24, 2.45) is 0 Å². The first kappa shape index (κ1) is 12.0. The van der Waals surface area contributed by atoms with Crippen LogP contribution in [0.1, 0.15) is 5.56 Å². The monoisotopic (exact) mass is 292 g/mol. The first-order chi connectivity index (χ1) is 8.81. The number of thiophene rings is 2. The van der Waals surface area contributed by atoms with Gasteiger partial charge in [-0.3, -0.25) is 5.10 Å². The Hall–Kier alpha value is -1.04. The summed E-state index contributed by atoms with van der Waals surface area (Å²) in [5.41, 5.74) is 3.75. The molecule has 0 aromatic carbocycles. The zero-order valence-corrected chi connectivity index (χ0v) is 12.5. The summed E-state index contributed by atoms with van der Waals surface area (Å²) in [6.45, 7) is 2.20. The fraction of sp³-hybridized carbons (Fsp3) is 0.154. The second-order valence-electron chi connectivity index (χ2n) is 3.87. The van der Waals surface area contributed by atoms with Gasteiger partial charge in [0, 0.05) is 21.5 Å². The van der Waals surface area contributed by atoms with Crippen LogP contribution in [0, 0.1) is 6.92 Å². The number of nitrogens with zero attached hydrogens (tertiary/aromatic N) is 1. The van der Waals surface area contributed by atoms with E-state index in [1.165, 1.54) is 25.1 Å². The van der Waals surface area contributed by atoms with Gasteiger partial charge in [-0.15, -0.1) is 34.4 Å². The molecule has 0 saturated carbocycles. The van der Waals surface area contributed by atoms with Crippen LogP contribution in [0.15, 0.2) is 34.0 Å². The van der Waals surface area contributed by atoms with Crippen molar-refractivity contribution < 1.29 is 0 Å². The lowest BCUT2D eigenvalue weighted by Gasteiger charge is -2.00. The molecule has 0 bridgehead atoms. The number of rotatable bonds is 3. The van der Waals surface area contributed by atoms with Gasteiger partial charge in [-0.2, -0.15) is 5.10 Å². The van der Waals surface area contributed by atoms with Crippen LogP contribution >= 0.6 is 34.4 Å². The second-order valence-corrected chi connectivity index (χ2v) is 6.91. The molecule has 3 rings (SSSR count).